The molecule has 0 spiro atoms. The van der Waals surface area contributed by atoms with E-state index in [2.05, 4.69) is 51.1 Å². The highest BCUT2D eigenvalue weighted by Gasteiger charge is 1.80. The lowest BCUT2D eigenvalue weighted by molar-refractivity contribution is 0.656. The third-order valence-electron chi connectivity index (χ3n) is 1.21. The normalized spacial score (nSPS) is 8.00. The molecule has 0 atom stereocenters. The van der Waals surface area contributed by atoms with E-state index in [0.717, 1.165) is 0 Å². The van der Waals surface area contributed by atoms with Crippen molar-refractivity contribution < 1.29 is 0 Å². The highest BCUT2D eigenvalue weighted by molar-refractivity contribution is 15.0. The van der Waals surface area contributed by atoms with E-state index in [-0.39, 0.29) is 0 Å². The van der Waals surface area contributed by atoms with Crippen LogP contribution < -0.4 is 0 Å². The largest absolute Gasteiger partial charge is 0.0654 e. The Balaban J connectivity index is 0. The van der Waals surface area contributed by atoms with Crippen LogP contribution in [0.1, 0.15) is 46.0 Å². The monoisotopic (exact) mass is 354 g/mol. The molecule has 0 fully saturated rings. The topological polar surface area (TPSA) is 0 Å². The summed E-state index contributed by atoms with van der Waals surface area (Å²) >= 11 is 4.24. The first-order chi connectivity index (χ1) is 4.41. The summed E-state index contributed by atoms with van der Waals surface area (Å²) in [6.07, 6.45) is 7.01. The summed E-state index contributed by atoms with van der Waals surface area (Å²) in [5, 5.41) is 0. The van der Waals surface area contributed by atoms with Crippen molar-refractivity contribution in [2.45, 2.75) is 46.0 Å². The Morgan fingerprint density at radius 2 is 1.11 bits per heavy atom. The first-order valence-electron chi connectivity index (χ1n) is 3.56. The van der Waals surface area contributed by atoms with Crippen LogP contribution in [0.4, 0.5) is 0 Å². The molecule has 0 radical (unpaired) electrons. The van der Waals surface area contributed by atoms with Crippen LogP contribution in [-0.4, -0.2) is 0 Å². The van der Waals surface area contributed by atoms with E-state index in [0.29, 0.717) is 0 Å². The van der Waals surface area contributed by atoms with E-state index < -0.39 is 0 Å². The molecule has 0 unspecified atom stereocenters. The second-order valence-electron chi connectivity index (χ2n) is 2.06. The number of halogens is 2. The Bertz CT molecular complexity index is 26.1. The molecular weight excluding hydrogens is 338 g/mol. The summed E-state index contributed by atoms with van der Waals surface area (Å²) < 4.78 is 0. The van der Waals surface area contributed by atoms with Gasteiger partial charge in [0.05, 0.1) is 0 Å². The van der Waals surface area contributed by atoms with Crippen molar-refractivity contribution in [3.05, 3.63) is 0 Å². The van der Waals surface area contributed by atoms with Gasteiger partial charge in [-0.1, -0.05) is 46.0 Å². The molecule has 0 amide bonds. The van der Waals surface area contributed by atoms with Gasteiger partial charge in [-0.05, 0) is 0 Å². The highest BCUT2D eigenvalue weighted by atomic mass is 128. The van der Waals surface area contributed by atoms with Gasteiger partial charge in [-0.2, -0.15) is 0 Å². The third-order valence-corrected chi connectivity index (χ3v) is 1.21. The van der Waals surface area contributed by atoms with Gasteiger partial charge in [0.1, 0.15) is 0 Å². The molecule has 58 valence electrons. The lowest BCUT2D eigenvalue weighted by Gasteiger charge is -1.90. The minimum atomic E-state index is 1.36. The lowest BCUT2D eigenvalue weighted by atomic mass is 10.2. The Hall–Kier alpha value is 1.46. The van der Waals surface area contributed by atoms with Crippen LogP contribution in [0.3, 0.4) is 0 Å². The molecule has 0 aromatic heterocycles. The van der Waals surface area contributed by atoms with Crippen LogP contribution in [0.5, 0.6) is 0 Å². The number of unbranched alkanes of at least 4 members (excludes halogenated alkanes) is 4. The van der Waals surface area contributed by atoms with Crippen LogP contribution >= 0.6 is 37.2 Å². The molecule has 0 aromatic rings. The first-order valence-corrected chi connectivity index (χ1v) is 9.84. The minimum Gasteiger partial charge on any atom is -0.0654 e. The second-order valence-corrected chi connectivity index (χ2v) is 2.06. The van der Waals surface area contributed by atoms with E-state index in [1.807, 2.05) is 0 Å². The summed E-state index contributed by atoms with van der Waals surface area (Å²) in [5.74, 6) is 0. The molecule has 0 heterocycles. The summed E-state index contributed by atoms with van der Waals surface area (Å²) in [4.78, 5) is 0. The Labute approximate surface area is 82.5 Å². The van der Waals surface area contributed by atoms with Gasteiger partial charge in [0.15, 0.2) is 0 Å². The molecule has 0 N–H and O–H groups in total. The standard InChI is InChI=1S/C7H16.I2/c1-3-5-7-6-4-2;1-2/h3-7H2,1-2H3;. The van der Waals surface area contributed by atoms with Crippen LogP contribution in [0.2, 0.25) is 0 Å². The van der Waals surface area contributed by atoms with Gasteiger partial charge in [-0.25, -0.2) is 0 Å². The molecular formula is C7H16I2. The number of hydrogen-bond donors (Lipinski definition) is 0. The zero-order chi connectivity index (χ0) is 7.54. The fraction of sp³-hybridized carbons (Fsp3) is 1.00. The van der Waals surface area contributed by atoms with Crippen LogP contribution in [0, 0.1) is 0 Å². The van der Waals surface area contributed by atoms with Gasteiger partial charge in [-0.3, -0.25) is 0 Å². The Morgan fingerprint density at radius 3 is 1.33 bits per heavy atom. The van der Waals surface area contributed by atoms with Crippen LogP contribution in [-0.2, 0) is 0 Å². The number of hydrogen-bond acceptors (Lipinski definition) is 0. The molecule has 0 saturated carbocycles. The fourth-order valence-electron chi connectivity index (χ4n) is 0.677. The summed E-state index contributed by atoms with van der Waals surface area (Å²) in [7, 11) is 0. The van der Waals surface area contributed by atoms with Crippen molar-refractivity contribution in [3.8, 4) is 0 Å². The minimum absolute atomic E-state index is 1.36. The van der Waals surface area contributed by atoms with Crippen molar-refractivity contribution in [2.24, 2.45) is 0 Å². The lowest BCUT2D eigenvalue weighted by Crippen LogP contribution is -1.70. The zero-order valence-corrected chi connectivity index (χ0v) is 10.6. The molecule has 0 aliphatic carbocycles. The molecule has 0 aliphatic heterocycles. The van der Waals surface area contributed by atoms with Gasteiger partial charge in [0.25, 0.3) is 0 Å². The Kier molecular flexibility index (Phi) is 23.6. The van der Waals surface area contributed by atoms with Gasteiger partial charge in [0.2, 0.25) is 0 Å². The van der Waals surface area contributed by atoms with E-state index >= 15 is 0 Å². The second kappa shape index (κ2) is 16.2. The predicted octanol–water partition coefficient (Wildman–Crippen LogP) is 4.75. The molecule has 9 heavy (non-hydrogen) atoms. The summed E-state index contributed by atoms with van der Waals surface area (Å²) in [6.45, 7) is 4.49. The molecule has 0 nitrogen and oxygen atoms in total. The van der Waals surface area contributed by atoms with Crippen molar-refractivity contribution in [2.75, 3.05) is 0 Å². The first kappa shape index (κ1) is 13.1. The molecule has 0 saturated heterocycles. The number of rotatable bonds is 4. The molecule has 0 rings (SSSR count). The van der Waals surface area contributed by atoms with Gasteiger partial charge < -0.3 is 0 Å². The molecule has 0 aliphatic rings. The molecule has 2 heteroatoms. The predicted molar refractivity (Wildman–Crippen MR) is 62.5 cm³/mol. The van der Waals surface area contributed by atoms with Gasteiger partial charge >= 0.3 is 0 Å². The van der Waals surface area contributed by atoms with E-state index in [1.165, 1.54) is 32.1 Å². The maximum atomic E-state index is 2.25. The average Bonchev–Trinajstić information content (AvgIpc) is 1.94. The SMILES string of the molecule is CCCCCCC.II. The van der Waals surface area contributed by atoms with Crippen LogP contribution in [0.15, 0.2) is 0 Å². The van der Waals surface area contributed by atoms with E-state index in [9.17, 15) is 0 Å². The molecule has 0 bridgehead atoms. The van der Waals surface area contributed by atoms with Crippen LogP contribution in [0.25, 0.3) is 0 Å². The van der Waals surface area contributed by atoms with E-state index in [1.54, 1.807) is 0 Å². The van der Waals surface area contributed by atoms with E-state index in [4.69, 9.17) is 0 Å². The maximum Gasteiger partial charge on any atom is 0 e. The van der Waals surface area contributed by atoms with Crippen molar-refractivity contribution in [1.82, 2.24) is 0 Å². The summed E-state index contributed by atoms with van der Waals surface area (Å²) in [5.41, 5.74) is 0. The maximum absolute atomic E-state index is 2.25. The quantitative estimate of drug-likeness (QED) is 0.505. The molecule has 0 aromatic carbocycles. The smallest absolute Gasteiger partial charge is 0 e. The average molecular weight is 354 g/mol. The van der Waals surface area contributed by atoms with Crippen molar-refractivity contribution in [3.63, 3.8) is 0 Å². The van der Waals surface area contributed by atoms with Gasteiger partial charge in [-0.15, -0.1) is 0 Å². The zero-order valence-electron chi connectivity index (χ0n) is 6.29. The Morgan fingerprint density at radius 1 is 0.778 bits per heavy atom. The highest BCUT2D eigenvalue weighted by Crippen LogP contribution is 2.00. The summed E-state index contributed by atoms with van der Waals surface area (Å²) in [6, 6.07) is 0. The fourth-order valence-corrected chi connectivity index (χ4v) is 0.677. The van der Waals surface area contributed by atoms with Gasteiger partial charge in [0, 0.05) is 37.2 Å². The third kappa shape index (κ3) is 17.7. The van der Waals surface area contributed by atoms with Crippen molar-refractivity contribution >= 4 is 37.2 Å². The van der Waals surface area contributed by atoms with Crippen molar-refractivity contribution in [1.29, 1.82) is 0 Å².